The molecule has 0 bridgehead atoms. The van der Waals surface area contributed by atoms with Crippen LogP contribution in [-0.2, 0) is 0 Å². The van der Waals surface area contributed by atoms with Crippen LogP contribution in [0.15, 0.2) is 52.3 Å². The third-order valence-electron chi connectivity index (χ3n) is 2.70. The second kappa shape index (κ2) is 5.79. The van der Waals surface area contributed by atoms with E-state index in [0.717, 1.165) is 15.5 Å². The highest BCUT2D eigenvalue weighted by Crippen LogP contribution is 2.34. The molecule has 0 saturated heterocycles. The Morgan fingerprint density at radius 3 is 2.56 bits per heavy atom. The predicted octanol–water partition coefficient (Wildman–Crippen LogP) is 4.82. The van der Waals surface area contributed by atoms with Crippen molar-refractivity contribution in [1.82, 2.24) is 0 Å². The summed E-state index contributed by atoms with van der Waals surface area (Å²) in [6.45, 7) is 4.05. The van der Waals surface area contributed by atoms with Crippen molar-refractivity contribution in [1.29, 1.82) is 0 Å². The molecule has 2 rings (SSSR count). The van der Waals surface area contributed by atoms with Crippen LogP contribution >= 0.6 is 23.4 Å². The molecule has 0 saturated carbocycles. The highest BCUT2D eigenvalue weighted by molar-refractivity contribution is 7.99. The molecule has 0 radical (unpaired) electrons. The van der Waals surface area contributed by atoms with Gasteiger partial charge in [-0.1, -0.05) is 47.1 Å². The Morgan fingerprint density at radius 2 is 1.94 bits per heavy atom. The SMILES string of the molecule is Cc1cccc(Sc2ccc([C@H](C)N)cc2Cl)c1. The molecule has 0 aliphatic rings. The van der Waals surface area contributed by atoms with Crippen molar-refractivity contribution in [3.63, 3.8) is 0 Å². The van der Waals surface area contributed by atoms with Gasteiger partial charge in [-0.05, 0) is 43.7 Å². The minimum atomic E-state index is 0.0144. The van der Waals surface area contributed by atoms with E-state index in [1.807, 2.05) is 25.1 Å². The lowest BCUT2D eigenvalue weighted by molar-refractivity contribution is 0.817. The molecule has 0 fully saturated rings. The van der Waals surface area contributed by atoms with Crippen LogP contribution in [0.5, 0.6) is 0 Å². The molecular weight excluding hydrogens is 262 g/mol. The molecule has 0 spiro atoms. The molecule has 0 aromatic heterocycles. The zero-order valence-corrected chi connectivity index (χ0v) is 12.1. The van der Waals surface area contributed by atoms with Crippen LogP contribution in [0.1, 0.15) is 24.1 Å². The molecule has 3 heteroatoms. The lowest BCUT2D eigenvalue weighted by Gasteiger charge is -2.09. The second-order valence-electron chi connectivity index (χ2n) is 4.40. The first-order valence-electron chi connectivity index (χ1n) is 5.86. The molecule has 0 amide bonds. The maximum atomic E-state index is 6.29. The van der Waals surface area contributed by atoms with E-state index in [0.29, 0.717) is 0 Å². The fourth-order valence-electron chi connectivity index (χ4n) is 1.69. The van der Waals surface area contributed by atoms with Gasteiger partial charge in [0.2, 0.25) is 0 Å². The summed E-state index contributed by atoms with van der Waals surface area (Å²) < 4.78 is 0. The summed E-state index contributed by atoms with van der Waals surface area (Å²) in [4.78, 5) is 2.26. The first-order chi connectivity index (χ1) is 8.56. The quantitative estimate of drug-likeness (QED) is 0.870. The molecule has 0 unspecified atom stereocenters. The first kappa shape index (κ1) is 13.5. The van der Waals surface area contributed by atoms with E-state index in [9.17, 15) is 0 Å². The van der Waals surface area contributed by atoms with Gasteiger partial charge in [0.15, 0.2) is 0 Å². The van der Waals surface area contributed by atoms with Gasteiger partial charge in [-0.2, -0.15) is 0 Å². The Kier molecular flexibility index (Phi) is 4.33. The van der Waals surface area contributed by atoms with Gasteiger partial charge in [-0.3, -0.25) is 0 Å². The van der Waals surface area contributed by atoms with E-state index in [1.54, 1.807) is 11.8 Å². The van der Waals surface area contributed by atoms with E-state index in [-0.39, 0.29) is 6.04 Å². The number of nitrogens with two attached hydrogens (primary N) is 1. The monoisotopic (exact) mass is 277 g/mol. The lowest BCUT2D eigenvalue weighted by Crippen LogP contribution is -2.04. The van der Waals surface area contributed by atoms with Crippen LogP contribution in [-0.4, -0.2) is 0 Å². The zero-order chi connectivity index (χ0) is 13.1. The largest absolute Gasteiger partial charge is 0.324 e. The van der Waals surface area contributed by atoms with Gasteiger partial charge >= 0.3 is 0 Å². The molecule has 2 aromatic rings. The van der Waals surface area contributed by atoms with Crippen molar-refractivity contribution in [2.45, 2.75) is 29.7 Å². The van der Waals surface area contributed by atoms with Crippen LogP contribution < -0.4 is 5.73 Å². The Bertz CT molecular complexity index is 552. The lowest BCUT2D eigenvalue weighted by atomic mass is 10.1. The Hall–Kier alpha value is -0.960. The molecule has 1 nitrogen and oxygen atoms in total. The maximum absolute atomic E-state index is 6.29. The summed E-state index contributed by atoms with van der Waals surface area (Å²) in [6, 6.07) is 14.4. The number of rotatable bonds is 3. The average Bonchev–Trinajstić information content (AvgIpc) is 2.31. The molecule has 0 aliphatic heterocycles. The van der Waals surface area contributed by atoms with Crippen LogP contribution in [0.3, 0.4) is 0 Å². The van der Waals surface area contributed by atoms with Gasteiger partial charge in [-0.15, -0.1) is 0 Å². The minimum Gasteiger partial charge on any atom is -0.324 e. The highest BCUT2D eigenvalue weighted by atomic mass is 35.5. The highest BCUT2D eigenvalue weighted by Gasteiger charge is 2.06. The molecule has 2 aromatic carbocycles. The topological polar surface area (TPSA) is 26.0 Å². The summed E-state index contributed by atoms with van der Waals surface area (Å²) in [5, 5.41) is 0.760. The van der Waals surface area contributed by atoms with Gasteiger partial charge in [0.05, 0.1) is 5.02 Å². The molecule has 0 heterocycles. The van der Waals surface area contributed by atoms with Gasteiger partial charge in [-0.25, -0.2) is 0 Å². The van der Waals surface area contributed by atoms with Crippen molar-refractivity contribution in [2.24, 2.45) is 5.73 Å². The van der Waals surface area contributed by atoms with E-state index in [4.69, 9.17) is 17.3 Å². The number of hydrogen-bond donors (Lipinski definition) is 1. The number of benzene rings is 2. The fraction of sp³-hybridized carbons (Fsp3) is 0.200. The van der Waals surface area contributed by atoms with Gasteiger partial charge in [0.25, 0.3) is 0 Å². The molecule has 18 heavy (non-hydrogen) atoms. The van der Waals surface area contributed by atoms with E-state index in [1.165, 1.54) is 10.5 Å². The Balaban J connectivity index is 2.24. The number of aryl methyl sites for hydroxylation is 1. The van der Waals surface area contributed by atoms with Gasteiger partial charge in [0, 0.05) is 15.8 Å². The van der Waals surface area contributed by atoms with Crippen molar-refractivity contribution >= 4 is 23.4 Å². The van der Waals surface area contributed by atoms with Gasteiger partial charge < -0.3 is 5.73 Å². The number of hydrogen-bond acceptors (Lipinski definition) is 2. The third kappa shape index (κ3) is 3.29. The van der Waals surface area contributed by atoms with Crippen molar-refractivity contribution in [3.05, 3.63) is 58.6 Å². The predicted molar refractivity (Wildman–Crippen MR) is 79.4 cm³/mol. The fourth-order valence-corrected chi connectivity index (χ4v) is 2.93. The maximum Gasteiger partial charge on any atom is 0.0548 e. The number of halogens is 1. The van der Waals surface area contributed by atoms with Crippen molar-refractivity contribution in [2.75, 3.05) is 0 Å². The normalized spacial score (nSPS) is 12.4. The summed E-state index contributed by atoms with van der Waals surface area (Å²) in [6.07, 6.45) is 0. The summed E-state index contributed by atoms with van der Waals surface area (Å²) >= 11 is 7.96. The molecule has 1 atom stereocenters. The van der Waals surface area contributed by atoms with Crippen LogP contribution in [0.4, 0.5) is 0 Å². The van der Waals surface area contributed by atoms with Crippen molar-refractivity contribution < 1.29 is 0 Å². The summed E-state index contributed by atoms with van der Waals surface area (Å²) in [5.74, 6) is 0. The average molecular weight is 278 g/mol. The van der Waals surface area contributed by atoms with Crippen molar-refractivity contribution in [3.8, 4) is 0 Å². The van der Waals surface area contributed by atoms with E-state index < -0.39 is 0 Å². The molecule has 94 valence electrons. The first-order valence-corrected chi connectivity index (χ1v) is 7.05. The standard InChI is InChI=1S/C15H16ClNS/c1-10-4-3-5-13(8-10)18-15-7-6-12(11(2)17)9-14(15)16/h3-9,11H,17H2,1-2H3/t11-/m0/s1. The summed E-state index contributed by atoms with van der Waals surface area (Å²) in [5.41, 5.74) is 8.16. The molecule has 2 N–H and O–H groups in total. The van der Waals surface area contributed by atoms with E-state index in [2.05, 4.69) is 31.2 Å². The van der Waals surface area contributed by atoms with Crippen LogP contribution in [0, 0.1) is 6.92 Å². The smallest absolute Gasteiger partial charge is 0.0548 e. The zero-order valence-electron chi connectivity index (χ0n) is 10.5. The van der Waals surface area contributed by atoms with E-state index >= 15 is 0 Å². The van der Waals surface area contributed by atoms with Crippen LogP contribution in [0.25, 0.3) is 0 Å². The summed E-state index contributed by atoms with van der Waals surface area (Å²) in [7, 11) is 0. The minimum absolute atomic E-state index is 0.0144. The van der Waals surface area contributed by atoms with Crippen LogP contribution in [0.2, 0.25) is 5.02 Å². The molecule has 0 aliphatic carbocycles. The van der Waals surface area contributed by atoms with Gasteiger partial charge in [0.1, 0.15) is 0 Å². The Morgan fingerprint density at radius 1 is 1.17 bits per heavy atom. The Labute approximate surface area is 117 Å². The third-order valence-corrected chi connectivity index (χ3v) is 4.19. The molecular formula is C15H16ClNS. The second-order valence-corrected chi connectivity index (χ2v) is 5.92.